The SMILES string of the molecule is CCn1c(C)c(-c2ccc(Cl)c(C(=O)NC3CC3)c2)c(=O)c(C(=O)O)c1-c1ccc(Cl)c(Cl)c1. The molecule has 2 aromatic carbocycles. The molecule has 0 spiro atoms. The van der Waals surface area contributed by atoms with E-state index >= 15 is 0 Å². The Bertz CT molecular complexity index is 1390. The van der Waals surface area contributed by atoms with Gasteiger partial charge in [0.25, 0.3) is 5.91 Å². The average molecular weight is 520 g/mol. The zero-order valence-electron chi connectivity index (χ0n) is 18.4. The molecule has 0 saturated heterocycles. The van der Waals surface area contributed by atoms with Crippen molar-refractivity contribution in [3.63, 3.8) is 0 Å². The van der Waals surface area contributed by atoms with Crippen molar-refractivity contribution < 1.29 is 14.7 Å². The maximum atomic E-state index is 13.6. The van der Waals surface area contributed by atoms with E-state index < -0.39 is 11.4 Å². The number of rotatable bonds is 6. The Kier molecular flexibility index (Phi) is 6.76. The van der Waals surface area contributed by atoms with Gasteiger partial charge in [0.1, 0.15) is 5.56 Å². The van der Waals surface area contributed by atoms with Gasteiger partial charge < -0.3 is 15.0 Å². The first-order valence-electron chi connectivity index (χ1n) is 10.7. The lowest BCUT2D eigenvalue weighted by Crippen LogP contribution is -2.26. The maximum absolute atomic E-state index is 13.6. The van der Waals surface area contributed by atoms with Crippen LogP contribution >= 0.6 is 34.8 Å². The lowest BCUT2D eigenvalue weighted by atomic mass is 9.95. The summed E-state index contributed by atoms with van der Waals surface area (Å²) in [7, 11) is 0. The van der Waals surface area contributed by atoms with Gasteiger partial charge in [-0.05, 0) is 56.5 Å². The number of carboxylic acid groups (broad SMARTS) is 1. The number of nitrogens with zero attached hydrogens (tertiary/aromatic N) is 1. The molecule has 34 heavy (non-hydrogen) atoms. The van der Waals surface area contributed by atoms with Crippen molar-refractivity contribution in [2.24, 2.45) is 0 Å². The fourth-order valence-electron chi connectivity index (χ4n) is 4.06. The number of hydrogen-bond acceptors (Lipinski definition) is 3. The Balaban J connectivity index is 1.98. The minimum atomic E-state index is -1.37. The van der Waals surface area contributed by atoms with E-state index in [9.17, 15) is 19.5 Å². The summed E-state index contributed by atoms with van der Waals surface area (Å²) in [6, 6.07) is 9.56. The summed E-state index contributed by atoms with van der Waals surface area (Å²) in [4.78, 5) is 38.6. The van der Waals surface area contributed by atoms with Crippen LogP contribution in [0.1, 0.15) is 46.2 Å². The number of hydrogen-bond donors (Lipinski definition) is 2. The van der Waals surface area contributed by atoms with Crippen LogP contribution < -0.4 is 10.7 Å². The molecule has 0 atom stereocenters. The Morgan fingerprint density at radius 3 is 2.26 bits per heavy atom. The molecular formula is C25H21Cl3N2O4. The van der Waals surface area contributed by atoms with E-state index in [1.165, 1.54) is 6.07 Å². The topological polar surface area (TPSA) is 88.4 Å². The van der Waals surface area contributed by atoms with Crippen LogP contribution in [-0.4, -0.2) is 27.6 Å². The summed E-state index contributed by atoms with van der Waals surface area (Å²) in [5, 5.41) is 13.8. The van der Waals surface area contributed by atoms with Gasteiger partial charge in [0.05, 0.1) is 26.3 Å². The van der Waals surface area contributed by atoms with Gasteiger partial charge in [0.2, 0.25) is 5.43 Å². The fraction of sp³-hybridized carbons (Fsp3) is 0.240. The van der Waals surface area contributed by atoms with E-state index in [1.807, 2.05) is 6.92 Å². The fourth-order valence-corrected chi connectivity index (χ4v) is 4.56. The molecule has 1 aromatic heterocycles. The normalized spacial score (nSPS) is 13.1. The van der Waals surface area contributed by atoms with Crippen LogP contribution in [0.15, 0.2) is 41.2 Å². The number of pyridine rings is 1. The third kappa shape index (κ3) is 4.45. The molecule has 1 amide bonds. The number of carbonyl (C=O) groups is 2. The predicted molar refractivity (Wildman–Crippen MR) is 134 cm³/mol. The first-order valence-corrected chi connectivity index (χ1v) is 11.8. The van der Waals surface area contributed by atoms with Crippen LogP contribution in [0.2, 0.25) is 15.1 Å². The molecular weight excluding hydrogens is 499 g/mol. The molecule has 4 rings (SSSR count). The number of nitrogens with one attached hydrogen (secondary N) is 1. The first kappa shape index (κ1) is 24.3. The van der Waals surface area contributed by atoms with Crippen molar-refractivity contribution in [3.8, 4) is 22.4 Å². The second-order valence-corrected chi connectivity index (χ2v) is 9.36. The molecule has 9 heteroatoms. The molecule has 3 aromatic rings. The van der Waals surface area contributed by atoms with Gasteiger partial charge in [0.15, 0.2) is 0 Å². The van der Waals surface area contributed by atoms with Crippen molar-refractivity contribution in [1.82, 2.24) is 9.88 Å². The number of benzene rings is 2. The van der Waals surface area contributed by atoms with E-state index in [0.717, 1.165) is 12.8 Å². The van der Waals surface area contributed by atoms with Crippen LogP contribution in [0.4, 0.5) is 0 Å². The van der Waals surface area contributed by atoms with Gasteiger partial charge >= 0.3 is 5.97 Å². The van der Waals surface area contributed by atoms with E-state index in [0.29, 0.717) is 28.4 Å². The number of aromatic carboxylic acids is 1. The van der Waals surface area contributed by atoms with Gasteiger partial charge in [-0.15, -0.1) is 0 Å². The molecule has 0 bridgehead atoms. The van der Waals surface area contributed by atoms with E-state index in [-0.39, 0.29) is 44.4 Å². The standard InChI is InChI=1S/C25H21Cl3N2O4/c1-3-30-12(2)20(13-4-8-17(26)16(10-13)24(32)29-15-6-7-15)23(31)21(25(33)34)22(30)14-5-9-18(27)19(28)11-14/h4-5,8-11,15H,3,6-7H2,1-2H3,(H,29,32)(H,33,34). The second-order valence-electron chi connectivity index (χ2n) is 8.13. The number of carboxylic acids is 1. The number of halogens is 3. The van der Waals surface area contributed by atoms with Crippen LogP contribution in [0, 0.1) is 6.92 Å². The number of carbonyl (C=O) groups excluding carboxylic acids is 1. The number of aromatic nitrogens is 1. The summed E-state index contributed by atoms with van der Waals surface area (Å²) in [6.07, 6.45) is 1.84. The highest BCUT2D eigenvalue weighted by atomic mass is 35.5. The Morgan fingerprint density at radius 1 is 1.03 bits per heavy atom. The average Bonchev–Trinajstić information content (AvgIpc) is 3.60. The van der Waals surface area contributed by atoms with Crippen LogP contribution in [-0.2, 0) is 6.54 Å². The van der Waals surface area contributed by atoms with Crippen LogP contribution in [0.5, 0.6) is 0 Å². The Labute approximate surface area is 211 Å². The van der Waals surface area contributed by atoms with Crippen LogP contribution in [0.3, 0.4) is 0 Å². The quantitative estimate of drug-likeness (QED) is 0.414. The van der Waals surface area contributed by atoms with Crippen molar-refractivity contribution >= 4 is 46.7 Å². The van der Waals surface area contributed by atoms with E-state index in [1.54, 1.807) is 41.8 Å². The highest BCUT2D eigenvalue weighted by Gasteiger charge is 2.28. The zero-order chi connectivity index (χ0) is 24.7. The van der Waals surface area contributed by atoms with Crippen molar-refractivity contribution in [2.45, 2.75) is 39.3 Å². The molecule has 0 radical (unpaired) electrons. The zero-order valence-corrected chi connectivity index (χ0v) is 20.7. The summed E-state index contributed by atoms with van der Waals surface area (Å²) >= 11 is 18.5. The van der Waals surface area contributed by atoms with Crippen molar-refractivity contribution in [3.05, 3.63) is 78.5 Å². The molecule has 1 aliphatic carbocycles. The first-order chi connectivity index (χ1) is 16.1. The molecule has 1 saturated carbocycles. The minimum Gasteiger partial charge on any atom is -0.477 e. The van der Waals surface area contributed by atoms with Gasteiger partial charge in [-0.2, -0.15) is 0 Å². The summed E-state index contributed by atoms with van der Waals surface area (Å²) < 4.78 is 1.75. The molecule has 2 N–H and O–H groups in total. The maximum Gasteiger partial charge on any atom is 0.341 e. The highest BCUT2D eigenvalue weighted by molar-refractivity contribution is 6.42. The molecule has 6 nitrogen and oxygen atoms in total. The predicted octanol–water partition coefficient (Wildman–Crippen LogP) is 6.06. The summed E-state index contributed by atoms with van der Waals surface area (Å²) in [5.41, 5.74) is 1.04. The highest BCUT2D eigenvalue weighted by Crippen LogP contribution is 2.34. The third-order valence-corrected chi connectivity index (χ3v) is 6.93. The molecule has 1 heterocycles. The monoisotopic (exact) mass is 518 g/mol. The molecule has 1 aliphatic rings. The van der Waals surface area contributed by atoms with Crippen molar-refractivity contribution in [1.29, 1.82) is 0 Å². The van der Waals surface area contributed by atoms with Gasteiger partial charge in [-0.3, -0.25) is 9.59 Å². The second kappa shape index (κ2) is 9.45. The number of amides is 1. The van der Waals surface area contributed by atoms with E-state index in [4.69, 9.17) is 34.8 Å². The largest absolute Gasteiger partial charge is 0.477 e. The van der Waals surface area contributed by atoms with Gasteiger partial charge in [0, 0.05) is 29.4 Å². The minimum absolute atomic E-state index is 0.135. The molecule has 176 valence electrons. The third-order valence-electron chi connectivity index (χ3n) is 5.86. The molecule has 0 aliphatic heterocycles. The van der Waals surface area contributed by atoms with Gasteiger partial charge in [-0.25, -0.2) is 4.79 Å². The molecule has 0 unspecified atom stereocenters. The Morgan fingerprint density at radius 2 is 1.68 bits per heavy atom. The van der Waals surface area contributed by atoms with Crippen molar-refractivity contribution in [2.75, 3.05) is 0 Å². The summed E-state index contributed by atoms with van der Waals surface area (Å²) in [6.45, 7) is 3.98. The van der Waals surface area contributed by atoms with Gasteiger partial charge in [-0.1, -0.05) is 46.9 Å². The summed E-state index contributed by atoms with van der Waals surface area (Å²) in [5.74, 6) is -1.69. The molecule has 1 fully saturated rings. The van der Waals surface area contributed by atoms with E-state index in [2.05, 4.69) is 5.32 Å². The van der Waals surface area contributed by atoms with Crippen LogP contribution in [0.25, 0.3) is 22.4 Å². The lowest BCUT2D eigenvalue weighted by molar-refractivity contribution is 0.0695. The lowest BCUT2D eigenvalue weighted by Gasteiger charge is -2.21. The smallest absolute Gasteiger partial charge is 0.341 e. The Hall–Kier alpha value is -2.80.